The molecule has 2 aromatic rings. The van der Waals surface area contributed by atoms with Gasteiger partial charge in [-0.3, -0.25) is 9.52 Å². The Balaban J connectivity index is 2.11. The van der Waals surface area contributed by atoms with Crippen molar-refractivity contribution in [1.82, 2.24) is 5.32 Å². The Morgan fingerprint density at radius 3 is 2.12 bits per heavy atom. The Hall–Kier alpha value is -2.54. The molecule has 0 aliphatic rings. The van der Waals surface area contributed by atoms with Gasteiger partial charge >= 0.3 is 0 Å². The van der Waals surface area contributed by atoms with Crippen LogP contribution in [0.5, 0.6) is 5.75 Å². The number of anilines is 1. The van der Waals surface area contributed by atoms with Crippen LogP contribution in [0.1, 0.15) is 37.6 Å². The van der Waals surface area contributed by atoms with Crippen molar-refractivity contribution in [3.63, 3.8) is 0 Å². The molecule has 2 aromatic carbocycles. The van der Waals surface area contributed by atoms with Crippen LogP contribution in [-0.2, 0) is 10.0 Å². The van der Waals surface area contributed by atoms with Gasteiger partial charge in [0, 0.05) is 16.8 Å². The lowest BCUT2D eigenvalue weighted by Crippen LogP contribution is -2.42. The summed E-state index contributed by atoms with van der Waals surface area (Å²) in [5.41, 5.74) is 0.553. The summed E-state index contributed by atoms with van der Waals surface area (Å²) in [5.74, 6) is 0.385. The molecule has 0 aliphatic carbocycles. The number of rotatable bonds is 7. The van der Waals surface area contributed by atoms with Gasteiger partial charge < -0.3 is 10.1 Å². The minimum atomic E-state index is -3.71. The zero-order chi connectivity index (χ0) is 19.4. The smallest absolute Gasteiger partial charge is 0.261 e. The SMILES string of the molecule is CCC(C)(C)NC(=O)c1ccc(NS(=O)(=O)c2ccc(OC)cc2)cc1. The molecule has 6 nitrogen and oxygen atoms in total. The Morgan fingerprint density at radius 2 is 1.62 bits per heavy atom. The van der Waals surface area contributed by atoms with E-state index in [1.54, 1.807) is 36.4 Å². The van der Waals surface area contributed by atoms with Crippen molar-refractivity contribution in [3.05, 3.63) is 54.1 Å². The van der Waals surface area contributed by atoms with Crippen LogP contribution in [0.3, 0.4) is 0 Å². The molecule has 0 fully saturated rings. The van der Waals surface area contributed by atoms with E-state index in [2.05, 4.69) is 10.0 Å². The molecule has 0 atom stereocenters. The van der Waals surface area contributed by atoms with Crippen LogP contribution in [0.2, 0.25) is 0 Å². The third-order valence-corrected chi connectivity index (χ3v) is 5.50. The summed E-state index contributed by atoms with van der Waals surface area (Å²) in [6, 6.07) is 12.4. The molecule has 0 spiro atoms. The standard InChI is InChI=1S/C19H24N2O4S/c1-5-19(2,3)20-18(22)14-6-8-15(9-7-14)21-26(23,24)17-12-10-16(25-4)11-13-17/h6-13,21H,5H2,1-4H3,(H,20,22). The van der Waals surface area contributed by atoms with E-state index in [4.69, 9.17) is 4.74 Å². The highest BCUT2D eigenvalue weighted by molar-refractivity contribution is 7.92. The summed E-state index contributed by atoms with van der Waals surface area (Å²) in [6.07, 6.45) is 0.804. The first-order chi connectivity index (χ1) is 12.2. The monoisotopic (exact) mass is 376 g/mol. The number of carbonyl (C=O) groups excluding carboxylic acids is 1. The van der Waals surface area contributed by atoms with Gasteiger partial charge in [0.15, 0.2) is 0 Å². The highest BCUT2D eigenvalue weighted by Crippen LogP contribution is 2.20. The zero-order valence-electron chi connectivity index (χ0n) is 15.4. The topological polar surface area (TPSA) is 84.5 Å². The quantitative estimate of drug-likeness (QED) is 0.775. The maximum atomic E-state index is 12.4. The predicted octanol–water partition coefficient (Wildman–Crippen LogP) is 3.41. The molecule has 7 heteroatoms. The summed E-state index contributed by atoms with van der Waals surface area (Å²) in [6.45, 7) is 5.89. The van der Waals surface area contributed by atoms with Crippen LogP contribution in [0, 0.1) is 0 Å². The highest BCUT2D eigenvalue weighted by atomic mass is 32.2. The minimum Gasteiger partial charge on any atom is -0.497 e. The van der Waals surface area contributed by atoms with Crippen molar-refractivity contribution in [3.8, 4) is 5.75 Å². The van der Waals surface area contributed by atoms with Crippen LogP contribution in [0.15, 0.2) is 53.4 Å². The molecule has 0 aromatic heterocycles. The van der Waals surface area contributed by atoms with Crippen molar-refractivity contribution in [2.45, 2.75) is 37.6 Å². The first-order valence-electron chi connectivity index (χ1n) is 8.26. The molecule has 0 saturated heterocycles. The molecule has 2 rings (SSSR count). The average molecular weight is 376 g/mol. The second kappa shape index (κ2) is 7.78. The van der Waals surface area contributed by atoms with Gasteiger partial charge in [-0.1, -0.05) is 6.92 Å². The summed E-state index contributed by atoms with van der Waals surface area (Å²) >= 11 is 0. The molecular weight excluding hydrogens is 352 g/mol. The summed E-state index contributed by atoms with van der Waals surface area (Å²) < 4.78 is 32.4. The molecular formula is C19H24N2O4S. The maximum Gasteiger partial charge on any atom is 0.261 e. The molecule has 140 valence electrons. The van der Waals surface area contributed by atoms with Gasteiger partial charge in [0.1, 0.15) is 5.75 Å². The summed E-state index contributed by atoms with van der Waals surface area (Å²) in [5, 5.41) is 2.94. The molecule has 1 amide bonds. The molecule has 0 saturated carbocycles. The van der Waals surface area contributed by atoms with Crippen molar-refractivity contribution in [2.75, 3.05) is 11.8 Å². The van der Waals surface area contributed by atoms with Crippen molar-refractivity contribution in [1.29, 1.82) is 0 Å². The second-order valence-electron chi connectivity index (χ2n) is 6.55. The Bertz CT molecular complexity index is 857. The summed E-state index contributed by atoms with van der Waals surface area (Å²) in [7, 11) is -2.20. The number of hydrogen-bond acceptors (Lipinski definition) is 4. The molecule has 2 N–H and O–H groups in total. The Kier molecular flexibility index (Phi) is 5.92. The van der Waals surface area contributed by atoms with Crippen LogP contribution in [-0.4, -0.2) is 27.0 Å². The van der Waals surface area contributed by atoms with Gasteiger partial charge in [-0.05, 0) is 68.8 Å². The number of nitrogens with one attached hydrogen (secondary N) is 2. The molecule has 0 unspecified atom stereocenters. The van der Waals surface area contributed by atoms with E-state index < -0.39 is 10.0 Å². The Labute approximate surface area is 154 Å². The minimum absolute atomic E-state index is 0.129. The molecule has 0 heterocycles. The largest absolute Gasteiger partial charge is 0.497 e. The van der Waals surface area contributed by atoms with Gasteiger partial charge in [0.05, 0.1) is 12.0 Å². The second-order valence-corrected chi connectivity index (χ2v) is 8.23. The number of hydrogen-bond donors (Lipinski definition) is 2. The van der Waals surface area contributed by atoms with Crippen molar-refractivity contribution < 1.29 is 17.9 Å². The molecule has 26 heavy (non-hydrogen) atoms. The lowest BCUT2D eigenvalue weighted by Gasteiger charge is -2.24. The first kappa shape index (κ1) is 19.8. The number of sulfonamides is 1. The fourth-order valence-electron chi connectivity index (χ4n) is 2.13. The van der Waals surface area contributed by atoms with E-state index in [0.29, 0.717) is 17.0 Å². The number of amides is 1. The van der Waals surface area contributed by atoms with Gasteiger partial charge in [0.25, 0.3) is 15.9 Å². The number of benzene rings is 2. The number of carbonyl (C=O) groups is 1. The van der Waals surface area contributed by atoms with Crippen LogP contribution < -0.4 is 14.8 Å². The fourth-order valence-corrected chi connectivity index (χ4v) is 3.19. The van der Waals surface area contributed by atoms with Gasteiger partial charge in [-0.25, -0.2) is 8.42 Å². The maximum absolute atomic E-state index is 12.4. The third kappa shape index (κ3) is 4.98. The van der Waals surface area contributed by atoms with E-state index in [0.717, 1.165) is 6.42 Å². The van der Waals surface area contributed by atoms with Crippen LogP contribution in [0.25, 0.3) is 0 Å². The summed E-state index contributed by atoms with van der Waals surface area (Å²) in [4.78, 5) is 12.4. The third-order valence-electron chi connectivity index (χ3n) is 4.10. The van der Waals surface area contributed by atoms with Gasteiger partial charge in [-0.2, -0.15) is 0 Å². The van der Waals surface area contributed by atoms with Crippen LogP contribution >= 0.6 is 0 Å². The lowest BCUT2D eigenvalue weighted by molar-refractivity contribution is 0.0911. The predicted molar refractivity (Wildman–Crippen MR) is 102 cm³/mol. The first-order valence-corrected chi connectivity index (χ1v) is 9.74. The van der Waals surface area contributed by atoms with E-state index in [1.165, 1.54) is 19.2 Å². The van der Waals surface area contributed by atoms with Gasteiger partial charge in [-0.15, -0.1) is 0 Å². The average Bonchev–Trinajstić information content (AvgIpc) is 2.61. The molecule has 0 bridgehead atoms. The Morgan fingerprint density at radius 1 is 1.04 bits per heavy atom. The lowest BCUT2D eigenvalue weighted by atomic mass is 10.0. The zero-order valence-corrected chi connectivity index (χ0v) is 16.2. The number of ether oxygens (including phenoxy) is 1. The van der Waals surface area contributed by atoms with E-state index in [9.17, 15) is 13.2 Å². The fraction of sp³-hybridized carbons (Fsp3) is 0.316. The van der Waals surface area contributed by atoms with E-state index >= 15 is 0 Å². The van der Waals surface area contributed by atoms with E-state index in [-0.39, 0.29) is 16.3 Å². The van der Waals surface area contributed by atoms with Gasteiger partial charge in [0.2, 0.25) is 0 Å². The van der Waals surface area contributed by atoms with E-state index in [1.807, 2.05) is 20.8 Å². The molecule has 0 radical (unpaired) electrons. The van der Waals surface area contributed by atoms with Crippen molar-refractivity contribution >= 4 is 21.6 Å². The van der Waals surface area contributed by atoms with Crippen LogP contribution in [0.4, 0.5) is 5.69 Å². The normalized spacial score (nSPS) is 11.7. The van der Waals surface area contributed by atoms with Crippen molar-refractivity contribution in [2.24, 2.45) is 0 Å². The molecule has 0 aliphatic heterocycles. The number of methoxy groups -OCH3 is 1. The highest BCUT2D eigenvalue weighted by Gasteiger charge is 2.19.